The van der Waals surface area contributed by atoms with Gasteiger partial charge in [-0.2, -0.15) is 0 Å². The van der Waals surface area contributed by atoms with Gasteiger partial charge >= 0.3 is 0 Å². The predicted molar refractivity (Wildman–Crippen MR) is 76.9 cm³/mol. The molecule has 1 aliphatic rings. The van der Waals surface area contributed by atoms with Gasteiger partial charge in [-0.3, -0.25) is 4.21 Å². The third kappa shape index (κ3) is 3.16. The second-order valence-corrected chi connectivity index (χ2v) is 6.54. The first kappa shape index (κ1) is 14.5. The molecule has 2 N–H and O–H groups in total. The molecule has 0 bridgehead atoms. The number of rotatable bonds is 6. The molecule has 0 saturated carbocycles. The largest absolute Gasteiger partial charge is 0.497 e. The molecule has 2 rings (SSSR count). The summed E-state index contributed by atoms with van der Waals surface area (Å²) in [4.78, 5) is 0. The molecule has 1 aliphatic carbocycles. The van der Waals surface area contributed by atoms with Gasteiger partial charge in [-0.25, -0.2) is 0 Å². The average molecular weight is 283 g/mol. The minimum atomic E-state index is -0.908. The molecule has 3 atom stereocenters. The van der Waals surface area contributed by atoms with Crippen molar-refractivity contribution < 1.29 is 13.7 Å². The SMILES string of the molecule is COCCCS(=O)C1Cc2ccc(OC)cc2C1N. The van der Waals surface area contributed by atoms with Gasteiger partial charge in [0.1, 0.15) is 5.75 Å². The first-order valence-corrected chi connectivity index (χ1v) is 7.84. The van der Waals surface area contributed by atoms with Crippen molar-refractivity contribution in [2.45, 2.75) is 24.1 Å². The standard InChI is InChI=1S/C14H21NO3S/c1-17-6-3-7-19(16)13-8-10-4-5-11(18-2)9-12(10)14(13)15/h4-5,9,13-14H,3,6-8,15H2,1-2H3. The van der Waals surface area contributed by atoms with Crippen LogP contribution in [0.4, 0.5) is 0 Å². The summed E-state index contributed by atoms with van der Waals surface area (Å²) < 4.78 is 22.5. The van der Waals surface area contributed by atoms with E-state index in [-0.39, 0.29) is 11.3 Å². The van der Waals surface area contributed by atoms with Crippen molar-refractivity contribution in [1.82, 2.24) is 0 Å². The molecule has 19 heavy (non-hydrogen) atoms. The average Bonchev–Trinajstić information content (AvgIpc) is 2.76. The number of methoxy groups -OCH3 is 2. The number of ether oxygens (including phenoxy) is 2. The molecule has 0 aromatic heterocycles. The third-order valence-corrected chi connectivity index (χ3v) is 5.39. The molecular formula is C14H21NO3S. The molecule has 3 unspecified atom stereocenters. The Morgan fingerprint density at radius 1 is 1.42 bits per heavy atom. The molecule has 0 fully saturated rings. The van der Waals surface area contributed by atoms with E-state index in [0.717, 1.165) is 24.2 Å². The molecule has 0 radical (unpaired) electrons. The van der Waals surface area contributed by atoms with E-state index in [9.17, 15) is 4.21 Å². The van der Waals surface area contributed by atoms with E-state index >= 15 is 0 Å². The highest BCUT2D eigenvalue weighted by molar-refractivity contribution is 7.85. The predicted octanol–water partition coefficient (Wildman–Crippen LogP) is 1.40. The van der Waals surface area contributed by atoms with Crippen LogP contribution in [-0.2, 0) is 22.0 Å². The van der Waals surface area contributed by atoms with Gasteiger partial charge in [0.05, 0.1) is 12.4 Å². The molecule has 1 aromatic rings. The number of benzene rings is 1. The van der Waals surface area contributed by atoms with Crippen LogP contribution in [0.15, 0.2) is 18.2 Å². The first-order valence-electron chi connectivity index (χ1n) is 6.46. The Morgan fingerprint density at radius 3 is 2.89 bits per heavy atom. The zero-order valence-corrected chi connectivity index (χ0v) is 12.2. The summed E-state index contributed by atoms with van der Waals surface area (Å²) in [5.74, 6) is 1.46. The number of fused-ring (bicyclic) bond motifs is 1. The van der Waals surface area contributed by atoms with Gasteiger partial charge in [0.15, 0.2) is 0 Å². The van der Waals surface area contributed by atoms with E-state index in [1.54, 1.807) is 14.2 Å². The summed E-state index contributed by atoms with van der Waals surface area (Å²) in [7, 11) is 2.39. The quantitative estimate of drug-likeness (QED) is 0.802. The fourth-order valence-corrected chi connectivity index (χ4v) is 4.04. The van der Waals surface area contributed by atoms with Crippen LogP contribution >= 0.6 is 0 Å². The lowest BCUT2D eigenvalue weighted by Crippen LogP contribution is -2.28. The van der Waals surface area contributed by atoms with Crippen molar-refractivity contribution in [3.63, 3.8) is 0 Å². The van der Waals surface area contributed by atoms with Crippen LogP contribution in [0.5, 0.6) is 5.75 Å². The van der Waals surface area contributed by atoms with Gasteiger partial charge in [0.25, 0.3) is 0 Å². The number of hydrogen-bond donors (Lipinski definition) is 1. The molecule has 106 valence electrons. The minimum absolute atomic E-state index is 0.0129. The maximum atomic E-state index is 12.3. The molecule has 0 saturated heterocycles. The molecule has 1 aromatic carbocycles. The molecule has 0 heterocycles. The monoisotopic (exact) mass is 283 g/mol. The fourth-order valence-electron chi connectivity index (χ4n) is 2.49. The van der Waals surface area contributed by atoms with Gasteiger partial charge in [0.2, 0.25) is 0 Å². The van der Waals surface area contributed by atoms with E-state index in [1.165, 1.54) is 5.56 Å². The van der Waals surface area contributed by atoms with Crippen molar-refractivity contribution in [3.8, 4) is 5.75 Å². The van der Waals surface area contributed by atoms with E-state index in [0.29, 0.717) is 12.4 Å². The lowest BCUT2D eigenvalue weighted by atomic mass is 10.1. The summed E-state index contributed by atoms with van der Waals surface area (Å²) in [6, 6.07) is 5.77. The van der Waals surface area contributed by atoms with Gasteiger partial charge < -0.3 is 15.2 Å². The Labute approximate surface area is 116 Å². The highest BCUT2D eigenvalue weighted by atomic mass is 32.2. The van der Waals surface area contributed by atoms with Crippen LogP contribution in [-0.4, -0.2) is 36.0 Å². The van der Waals surface area contributed by atoms with Crippen LogP contribution in [0.1, 0.15) is 23.6 Å². The summed E-state index contributed by atoms with van der Waals surface area (Å²) in [5.41, 5.74) is 8.51. The summed E-state index contributed by atoms with van der Waals surface area (Å²) in [6.07, 6.45) is 1.60. The van der Waals surface area contributed by atoms with Gasteiger partial charge in [-0.15, -0.1) is 0 Å². The zero-order chi connectivity index (χ0) is 13.8. The summed E-state index contributed by atoms with van der Waals surface area (Å²) in [5, 5.41) is 0.0129. The lowest BCUT2D eigenvalue weighted by Gasteiger charge is -2.15. The molecule has 0 amide bonds. The van der Waals surface area contributed by atoms with Crippen molar-refractivity contribution >= 4 is 10.8 Å². The van der Waals surface area contributed by atoms with Crippen LogP contribution in [0.2, 0.25) is 0 Å². The van der Waals surface area contributed by atoms with Crippen LogP contribution in [0, 0.1) is 0 Å². The van der Waals surface area contributed by atoms with E-state index in [1.807, 2.05) is 18.2 Å². The topological polar surface area (TPSA) is 61.5 Å². The van der Waals surface area contributed by atoms with Crippen LogP contribution < -0.4 is 10.5 Å². The maximum absolute atomic E-state index is 12.3. The van der Waals surface area contributed by atoms with Crippen molar-refractivity contribution in [1.29, 1.82) is 0 Å². The number of nitrogens with two attached hydrogens (primary N) is 1. The Morgan fingerprint density at radius 2 is 2.21 bits per heavy atom. The second kappa shape index (κ2) is 6.50. The fraction of sp³-hybridized carbons (Fsp3) is 0.571. The second-order valence-electron chi connectivity index (χ2n) is 4.76. The lowest BCUT2D eigenvalue weighted by molar-refractivity contribution is 0.200. The van der Waals surface area contributed by atoms with E-state index < -0.39 is 10.8 Å². The van der Waals surface area contributed by atoms with Crippen molar-refractivity contribution in [3.05, 3.63) is 29.3 Å². The van der Waals surface area contributed by atoms with E-state index in [2.05, 4.69) is 0 Å². The Balaban J connectivity index is 2.05. The Hall–Kier alpha value is -0.910. The number of hydrogen-bond acceptors (Lipinski definition) is 4. The van der Waals surface area contributed by atoms with Crippen molar-refractivity contribution in [2.75, 3.05) is 26.6 Å². The van der Waals surface area contributed by atoms with Crippen molar-refractivity contribution in [2.24, 2.45) is 5.73 Å². The summed E-state index contributed by atoms with van der Waals surface area (Å²) >= 11 is 0. The smallest absolute Gasteiger partial charge is 0.119 e. The zero-order valence-electron chi connectivity index (χ0n) is 11.4. The van der Waals surface area contributed by atoms with Gasteiger partial charge in [0, 0.05) is 36.3 Å². The molecular weight excluding hydrogens is 262 g/mol. The van der Waals surface area contributed by atoms with Crippen LogP contribution in [0.3, 0.4) is 0 Å². The minimum Gasteiger partial charge on any atom is -0.497 e. The van der Waals surface area contributed by atoms with Gasteiger partial charge in [-0.05, 0) is 36.1 Å². The summed E-state index contributed by atoms with van der Waals surface area (Å²) in [6.45, 7) is 0.647. The van der Waals surface area contributed by atoms with E-state index in [4.69, 9.17) is 15.2 Å². The Kier molecular flexibility index (Phi) is 4.96. The third-order valence-electron chi connectivity index (χ3n) is 3.57. The first-order chi connectivity index (χ1) is 9.17. The molecule has 0 aliphatic heterocycles. The normalized spacial score (nSPS) is 23.1. The molecule has 4 nitrogen and oxygen atoms in total. The molecule has 0 spiro atoms. The Bertz CT molecular complexity index is 464. The highest BCUT2D eigenvalue weighted by Crippen LogP contribution is 2.35. The molecule has 5 heteroatoms. The maximum Gasteiger partial charge on any atom is 0.119 e. The van der Waals surface area contributed by atoms with Gasteiger partial charge in [-0.1, -0.05) is 6.07 Å². The highest BCUT2D eigenvalue weighted by Gasteiger charge is 2.33. The van der Waals surface area contributed by atoms with Crippen LogP contribution in [0.25, 0.3) is 0 Å².